The summed E-state index contributed by atoms with van der Waals surface area (Å²) >= 11 is 0. The van der Waals surface area contributed by atoms with E-state index in [0.29, 0.717) is 30.4 Å². The fraction of sp³-hybridized carbons (Fsp3) is 0.562. The van der Waals surface area contributed by atoms with Gasteiger partial charge in [-0.1, -0.05) is 31.4 Å². The van der Waals surface area contributed by atoms with Crippen LogP contribution in [0.15, 0.2) is 18.2 Å². The lowest BCUT2D eigenvalue weighted by atomic mass is 9.98. The van der Waals surface area contributed by atoms with Gasteiger partial charge in [-0.15, -0.1) is 0 Å². The number of aromatic hydroxyl groups is 1. The summed E-state index contributed by atoms with van der Waals surface area (Å²) in [7, 11) is 0. The van der Waals surface area contributed by atoms with E-state index in [0.717, 1.165) is 12.8 Å². The van der Waals surface area contributed by atoms with Crippen molar-refractivity contribution in [2.24, 2.45) is 0 Å². The number of hydrogen-bond acceptors (Lipinski definition) is 3. The van der Waals surface area contributed by atoms with Crippen molar-refractivity contribution in [1.29, 1.82) is 0 Å². The quantitative estimate of drug-likeness (QED) is 0.814. The molecular weight excluding hydrogens is 254 g/mol. The Morgan fingerprint density at radius 3 is 2.85 bits per heavy atom. The molecule has 1 saturated carbocycles. The molecule has 1 aromatic carbocycles. The fourth-order valence-electron chi connectivity index (χ4n) is 2.56. The number of nitrogens with one attached hydrogen (secondary N) is 1. The van der Waals surface area contributed by atoms with E-state index in [1.807, 2.05) is 0 Å². The lowest BCUT2D eigenvalue weighted by Crippen LogP contribution is -2.29. The molecule has 20 heavy (non-hydrogen) atoms. The summed E-state index contributed by atoms with van der Waals surface area (Å²) in [6.07, 6.45) is 6.42. The van der Waals surface area contributed by atoms with Gasteiger partial charge in [0.2, 0.25) is 0 Å². The van der Waals surface area contributed by atoms with Gasteiger partial charge in [-0.3, -0.25) is 4.79 Å². The van der Waals surface area contributed by atoms with Crippen molar-refractivity contribution in [3.8, 4) is 5.75 Å². The lowest BCUT2D eigenvalue weighted by Gasteiger charge is -2.22. The first-order chi connectivity index (χ1) is 9.68. The largest absolute Gasteiger partial charge is 0.507 e. The van der Waals surface area contributed by atoms with Gasteiger partial charge >= 0.3 is 0 Å². The zero-order valence-electron chi connectivity index (χ0n) is 12.0. The van der Waals surface area contributed by atoms with E-state index in [1.165, 1.54) is 19.3 Å². The molecule has 0 heterocycles. The maximum atomic E-state index is 11.9. The van der Waals surface area contributed by atoms with Crippen molar-refractivity contribution in [2.45, 2.75) is 45.1 Å². The minimum Gasteiger partial charge on any atom is -0.507 e. The van der Waals surface area contributed by atoms with Gasteiger partial charge in [0.05, 0.1) is 18.3 Å². The monoisotopic (exact) mass is 277 g/mol. The maximum absolute atomic E-state index is 11.9. The zero-order chi connectivity index (χ0) is 14.4. The first-order valence-corrected chi connectivity index (χ1v) is 7.37. The number of hydrogen-bond donors (Lipinski definition) is 2. The highest BCUT2D eigenvalue weighted by molar-refractivity contribution is 5.97. The van der Waals surface area contributed by atoms with E-state index >= 15 is 0 Å². The Bertz CT molecular complexity index is 453. The number of rotatable bonds is 5. The molecule has 0 aromatic heterocycles. The van der Waals surface area contributed by atoms with Gasteiger partial charge < -0.3 is 15.2 Å². The van der Waals surface area contributed by atoms with Crippen molar-refractivity contribution >= 4 is 5.91 Å². The molecule has 2 rings (SSSR count). The van der Waals surface area contributed by atoms with Gasteiger partial charge in [0.15, 0.2) is 0 Å². The molecule has 0 aliphatic heterocycles. The molecule has 0 atom stereocenters. The molecule has 0 radical (unpaired) electrons. The summed E-state index contributed by atoms with van der Waals surface area (Å²) in [6, 6.07) is 5.17. The summed E-state index contributed by atoms with van der Waals surface area (Å²) in [5, 5.41) is 12.6. The highest BCUT2D eigenvalue weighted by Crippen LogP contribution is 2.21. The van der Waals surface area contributed by atoms with Gasteiger partial charge in [0.25, 0.3) is 5.91 Å². The van der Waals surface area contributed by atoms with Crippen LogP contribution in [0.2, 0.25) is 0 Å². The van der Waals surface area contributed by atoms with E-state index in [9.17, 15) is 9.90 Å². The van der Waals surface area contributed by atoms with Crippen LogP contribution in [0.4, 0.5) is 0 Å². The standard InChI is InChI=1S/C16H23NO3/c1-12-6-5-9-14(15(12)18)16(19)17-10-11-20-13-7-3-2-4-8-13/h5-6,9,13,18H,2-4,7-8,10-11H2,1H3,(H,17,19). The van der Waals surface area contributed by atoms with Crippen LogP contribution >= 0.6 is 0 Å². The molecule has 0 saturated heterocycles. The molecule has 4 heteroatoms. The first kappa shape index (κ1) is 14.9. The van der Waals surface area contributed by atoms with Crippen LogP contribution in [0.3, 0.4) is 0 Å². The predicted molar refractivity (Wildman–Crippen MR) is 78.0 cm³/mol. The maximum Gasteiger partial charge on any atom is 0.255 e. The molecule has 110 valence electrons. The van der Waals surface area contributed by atoms with E-state index in [-0.39, 0.29) is 11.7 Å². The third kappa shape index (κ3) is 3.97. The number of aryl methyl sites for hydroxylation is 1. The molecule has 0 unspecified atom stereocenters. The Hall–Kier alpha value is -1.55. The van der Waals surface area contributed by atoms with E-state index in [2.05, 4.69) is 5.32 Å². The highest BCUT2D eigenvalue weighted by atomic mass is 16.5. The van der Waals surface area contributed by atoms with Crippen molar-refractivity contribution in [1.82, 2.24) is 5.32 Å². The second-order valence-corrected chi connectivity index (χ2v) is 5.36. The van der Waals surface area contributed by atoms with Gasteiger partial charge in [-0.05, 0) is 31.4 Å². The molecule has 1 amide bonds. The highest BCUT2D eigenvalue weighted by Gasteiger charge is 2.14. The summed E-state index contributed by atoms with van der Waals surface area (Å²) in [5.74, 6) is -0.198. The molecule has 1 fully saturated rings. The molecule has 4 nitrogen and oxygen atoms in total. The molecule has 1 aromatic rings. The van der Waals surface area contributed by atoms with Gasteiger partial charge in [-0.2, -0.15) is 0 Å². The number of benzene rings is 1. The van der Waals surface area contributed by atoms with E-state index in [1.54, 1.807) is 25.1 Å². The van der Waals surface area contributed by atoms with Gasteiger partial charge in [0.1, 0.15) is 5.75 Å². The average molecular weight is 277 g/mol. The average Bonchev–Trinajstić information content (AvgIpc) is 2.47. The van der Waals surface area contributed by atoms with Crippen molar-refractivity contribution in [3.05, 3.63) is 29.3 Å². The summed E-state index contributed by atoms with van der Waals surface area (Å²) in [5.41, 5.74) is 1.03. The van der Waals surface area contributed by atoms with E-state index in [4.69, 9.17) is 4.74 Å². The Balaban J connectivity index is 1.73. The molecular formula is C16H23NO3. The number of carbonyl (C=O) groups excluding carboxylic acids is 1. The molecule has 1 aliphatic rings. The number of ether oxygens (including phenoxy) is 1. The second kappa shape index (κ2) is 7.29. The number of phenolic OH excluding ortho intramolecular Hbond substituents is 1. The minimum atomic E-state index is -0.251. The van der Waals surface area contributed by atoms with Gasteiger partial charge in [-0.25, -0.2) is 0 Å². The summed E-state index contributed by atoms with van der Waals surface area (Å²) in [4.78, 5) is 11.9. The minimum absolute atomic E-state index is 0.0539. The molecule has 2 N–H and O–H groups in total. The van der Waals surface area contributed by atoms with Gasteiger partial charge in [0, 0.05) is 6.54 Å². The number of amides is 1. The topological polar surface area (TPSA) is 58.6 Å². The third-order valence-electron chi connectivity index (χ3n) is 3.78. The Morgan fingerprint density at radius 1 is 1.35 bits per heavy atom. The zero-order valence-corrected chi connectivity index (χ0v) is 12.0. The van der Waals surface area contributed by atoms with Crippen molar-refractivity contribution in [3.63, 3.8) is 0 Å². The first-order valence-electron chi connectivity index (χ1n) is 7.37. The Labute approximate surface area is 120 Å². The normalized spacial score (nSPS) is 16.1. The van der Waals surface area contributed by atoms with Crippen LogP contribution in [0.5, 0.6) is 5.75 Å². The third-order valence-corrected chi connectivity index (χ3v) is 3.78. The summed E-state index contributed by atoms with van der Waals surface area (Å²) < 4.78 is 5.75. The van der Waals surface area contributed by atoms with Crippen LogP contribution < -0.4 is 5.32 Å². The Kier molecular flexibility index (Phi) is 5.41. The SMILES string of the molecule is Cc1cccc(C(=O)NCCOC2CCCCC2)c1O. The fourth-order valence-corrected chi connectivity index (χ4v) is 2.56. The lowest BCUT2D eigenvalue weighted by molar-refractivity contribution is 0.0299. The molecule has 0 spiro atoms. The van der Waals surface area contributed by atoms with Crippen LogP contribution in [0, 0.1) is 6.92 Å². The molecule has 0 bridgehead atoms. The predicted octanol–water partition coefficient (Wildman–Crippen LogP) is 2.78. The van der Waals surface area contributed by atoms with Crippen LogP contribution in [-0.4, -0.2) is 30.3 Å². The molecule has 1 aliphatic carbocycles. The summed E-state index contributed by atoms with van der Waals surface area (Å²) in [6.45, 7) is 2.78. The van der Waals surface area contributed by atoms with Crippen LogP contribution in [0.25, 0.3) is 0 Å². The van der Waals surface area contributed by atoms with E-state index < -0.39 is 0 Å². The van der Waals surface area contributed by atoms with Crippen molar-refractivity contribution < 1.29 is 14.6 Å². The number of carbonyl (C=O) groups is 1. The van der Waals surface area contributed by atoms with Crippen LogP contribution in [-0.2, 0) is 4.74 Å². The number of phenols is 1. The van der Waals surface area contributed by atoms with Crippen LogP contribution in [0.1, 0.15) is 48.0 Å². The Morgan fingerprint density at radius 2 is 2.10 bits per heavy atom. The second-order valence-electron chi connectivity index (χ2n) is 5.36. The number of para-hydroxylation sites is 1. The smallest absolute Gasteiger partial charge is 0.255 e. The van der Waals surface area contributed by atoms with Crippen molar-refractivity contribution in [2.75, 3.05) is 13.2 Å².